The Morgan fingerprint density at radius 1 is 1.29 bits per heavy atom. The van der Waals surface area contributed by atoms with Gasteiger partial charge in [0.2, 0.25) is 0 Å². The maximum absolute atomic E-state index is 9.21. The number of hydrogen-bond acceptors (Lipinski definition) is 3. The van der Waals surface area contributed by atoms with Crippen LogP contribution in [0.3, 0.4) is 0 Å². The van der Waals surface area contributed by atoms with E-state index in [-0.39, 0.29) is 6.10 Å². The second-order valence-electron chi connectivity index (χ2n) is 4.08. The molecule has 3 heteroatoms. The number of thioether (sulfide) groups is 1. The van der Waals surface area contributed by atoms with Gasteiger partial charge in [-0.25, -0.2) is 0 Å². The summed E-state index contributed by atoms with van der Waals surface area (Å²) < 4.78 is 5.62. The molecule has 0 heterocycles. The zero-order valence-corrected chi connectivity index (χ0v) is 11.5. The Morgan fingerprint density at radius 2 is 2.00 bits per heavy atom. The largest absolute Gasteiger partial charge is 0.493 e. The van der Waals surface area contributed by atoms with Crippen LogP contribution < -0.4 is 4.74 Å². The third-order valence-electron chi connectivity index (χ3n) is 2.47. The second-order valence-corrected chi connectivity index (χ2v) is 5.47. The van der Waals surface area contributed by atoms with Gasteiger partial charge >= 0.3 is 0 Å². The highest BCUT2D eigenvalue weighted by Gasteiger charge is 1.99. The Kier molecular flexibility index (Phi) is 7.13. The number of aryl methyl sites for hydroxylation is 1. The van der Waals surface area contributed by atoms with E-state index in [1.165, 1.54) is 5.56 Å². The third-order valence-corrected chi connectivity index (χ3v) is 3.34. The predicted octanol–water partition coefficient (Wildman–Crippen LogP) is 3.13. The molecule has 0 radical (unpaired) electrons. The van der Waals surface area contributed by atoms with Crippen molar-refractivity contribution >= 4 is 11.8 Å². The Labute approximate surface area is 108 Å². The Morgan fingerprint density at radius 3 is 2.59 bits per heavy atom. The molecule has 0 saturated heterocycles. The highest BCUT2D eigenvalue weighted by atomic mass is 32.2. The SMILES string of the molecule is CCSCCOc1ccc(CCC(C)O)cc1. The minimum atomic E-state index is -0.225. The molecule has 0 aliphatic carbocycles. The first-order valence-electron chi connectivity index (χ1n) is 6.20. The summed E-state index contributed by atoms with van der Waals surface area (Å²) in [6.07, 6.45) is 1.51. The highest BCUT2D eigenvalue weighted by molar-refractivity contribution is 7.99. The molecular formula is C14H22O2S. The molecule has 0 aliphatic heterocycles. The van der Waals surface area contributed by atoms with Crippen molar-refractivity contribution in [1.29, 1.82) is 0 Å². The first kappa shape index (κ1) is 14.4. The standard InChI is InChI=1S/C14H22O2S/c1-3-17-11-10-16-14-8-6-13(7-9-14)5-4-12(2)15/h6-9,12,15H,3-5,10-11H2,1-2H3. The van der Waals surface area contributed by atoms with Crippen LogP contribution in [-0.4, -0.2) is 29.3 Å². The van der Waals surface area contributed by atoms with Crippen LogP contribution in [0.1, 0.15) is 25.8 Å². The Balaban J connectivity index is 2.29. The number of rotatable bonds is 8. The summed E-state index contributed by atoms with van der Waals surface area (Å²) in [4.78, 5) is 0. The average molecular weight is 254 g/mol. The molecule has 0 spiro atoms. The van der Waals surface area contributed by atoms with Crippen molar-refractivity contribution in [2.75, 3.05) is 18.1 Å². The van der Waals surface area contributed by atoms with Crippen molar-refractivity contribution in [3.05, 3.63) is 29.8 Å². The molecule has 0 fully saturated rings. The van der Waals surface area contributed by atoms with Crippen LogP contribution in [-0.2, 0) is 6.42 Å². The quantitative estimate of drug-likeness (QED) is 0.723. The molecule has 2 nitrogen and oxygen atoms in total. The smallest absolute Gasteiger partial charge is 0.119 e. The number of hydrogen-bond donors (Lipinski definition) is 1. The Hall–Kier alpha value is -0.670. The third kappa shape index (κ3) is 6.59. The molecule has 0 bridgehead atoms. The van der Waals surface area contributed by atoms with Gasteiger partial charge in [-0.2, -0.15) is 11.8 Å². The summed E-state index contributed by atoms with van der Waals surface area (Å²) in [6, 6.07) is 8.16. The van der Waals surface area contributed by atoms with Crippen molar-refractivity contribution in [2.24, 2.45) is 0 Å². The Bertz CT molecular complexity index is 296. The van der Waals surface area contributed by atoms with Gasteiger partial charge < -0.3 is 9.84 Å². The molecule has 1 aromatic carbocycles. The van der Waals surface area contributed by atoms with Gasteiger partial charge in [-0.1, -0.05) is 19.1 Å². The number of aliphatic hydroxyl groups excluding tert-OH is 1. The summed E-state index contributed by atoms with van der Waals surface area (Å²) in [5, 5.41) is 9.21. The zero-order chi connectivity index (χ0) is 12.5. The van der Waals surface area contributed by atoms with E-state index >= 15 is 0 Å². The van der Waals surface area contributed by atoms with Crippen LogP contribution >= 0.6 is 11.8 Å². The summed E-state index contributed by atoms with van der Waals surface area (Å²) in [7, 11) is 0. The molecule has 1 N–H and O–H groups in total. The summed E-state index contributed by atoms with van der Waals surface area (Å²) in [6.45, 7) is 4.75. The van der Waals surface area contributed by atoms with E-state index in [2.05, 4.69) is 19.1 Å². The van der Waals surface area contributed by atoms with Gasteiger partial charge in [0.15, 0.2) is 0 Å². The highest BCUT2D eigenvalue weighted by Crippen LogP contribution is 2.14. The minimum absolute atomic E-state index is 0.225. The van der Waals surface area contributed by atoms with Crippen LogP contribution in [0.25, 0.3) is 0 Å². The summed E-state index contributed by atoms with van der Waals surface area (Å²) in [5.74, 6) is 3.12. The second kappa shape index (κ2) is 8.43. The zero-order valence-electron chi connectivity index (χ0n) is 10.7. The molecule has 1 rings (SSSR count). The van der Waals surface area contributed by atoms with E-state index in [0.717, 1.165) is 36.7 Å². The van der Waals surface area contributed by atoms with Crippen molar-refractivity contribution in [3.8, 4) is 5.75 Å². The predicted molar refractivity (Wildman–Crippen MR) is 74.9 cm³/mol. The number of aliphatic hydroxyl groups is 1. The first-order chi connectivity index (χ1) is 8.22. The lowest BCUT2D eigenvalue weighted by atomic mass is 10.1. The maximum atomic E-state index is 9.21. The fraction of sp³-hybridized carbons (Fsp3) is 0.571. The van der Waals surface area contributed by atoms with Gasteiger partial charge in [0.05, 0.1) is 12.7 Å². The van der Waals surface area contributed by atoms with E-state index in [0.29, 0.717) is 0 Å². The van der Waals surface area contributed by atoms with Crippen LogP contribution in [0.5, 0.6) is 5.75 Å². The number of benzene rings is 1. The van der Waals surface area contributed by atoms with E-state index < -0.39 is 0 Å². The van der Waals surface area contributed by atoms with E-state index in [9.17, 15) is 5.11 Å². The molecular weight excluding hydrogens is 232 g/mol. The average Bonchev–Trinajstić information content (AvgIpc) is 2.33. The first-order valence-corrected chi connectivity index (χ1v) is 7.35. The van der Waals surface area contributed by atoms with E-state index in [1.54, 1.807) is 0 Å². The minimum Gasteiger partial charge on any atom is -0.493 e. The van der Waals surface area contributed by atoms with Gasteiger partial charge in [-0.15, -0.1) is 0 Å². The summed E-state index contributed by atoms with van der Waals surface area (Å²) >= 11 is 1.89. The molecule has 17 heavy (non-hydrogen) atoms. The lowest BCUT2D eigenvalue weighted by molar-refractivity contribution is 0.185. The van der Waals surface area contributed by atoms with Crippen molar-refractivity contribution in [1.82, 2.24) is 0 Å². The van der Waals surface area contributed by atoms with Crippen molar-refractivity contribution < 1.29 is 9.84 Å². The fourth-order valence-electron chi connectivity index (χ4n) is 1.49. The van der Waals surface area contributed by atoms with Gasteiger partial charge in [0.25, 0.3) is 0 Å². The normalized spacial score (nSPS) is 12.4. The molecule has 1 atom stereocenters. The lowest BCUT2D eigenvalue weighted by Crippen LogP contribution is -2.02. The van der Waals surface area contributed by atoms with Crippen molar-refractivity contribution in [3.63, 3.8) is 0 Å². The van der Waals surface area contributed by atoms with Gasteiger partial charge in [-0.3, -0.25) is 0 Å². The molecule has 0 amide bonds. The summed E-state index contributed by atoms with van der Waals surface area (Å²) in [5.41, 5.74) is 1.25. The van der Waals surface area contributed by atoms with E-state index in [1.807, 2.05) is 30.8 Å². The maximum Gasteiger partial charge on any atom is 0.119 e. The van der Waals surface area contributed by atoms with E-state index in [4.69, 9.17) is 4.74 Å². The van der Waals surface area contributed by atoms with Crippen LogP contribution in [0.15, 0.2) is 24.3 Å². The fourth-order valence-corrected chi connectivity index (χ4v) is 1.98. The molecule has 96 valence electrons. The number of ether oxygens (including phenoxy) is 1. The molecule has 1 unspecified atom stereocenters. The molecule has 0 aromatic heterocycles. The lowest BCUT2D eigenvalue weighted by Gasteiger charge is -2.07. The van der Waals surface area contributed by atoms with Crippen LogP contribution in [0.4, 0.5) is 0 Å². The van der Waals surface area contributed by atoms with Gasteiger partial charge in [0.1, 0.15) is 5.75 Å². The monoisotopic (exact) mass is 254 g/mol. The van der Waals surface area contributed by atoms with Gasteiger partial charge in [-0.05, 0) is 43.2 Å². The molecule has 0 aliphatic rings. The molecule has 0 saturated carbocycles. The molecule has 1 aromatic rings. The topological polar surface area (TPSA) is 29.5 Å². The van der Waals surface area contributed by atoms with Crippen LogP contribution in [0, 0.1) is 0 Å². The van der Waals surface area contributed by atoms with Crippen molar-refractivity contribution in [2.45, 2.75) is 32.8 Å². The van der Waals surface area contributed by atoms with Crippen LogP contribution in [0.2, 0.25) is 0 Å². The van der Waals surface area contributed by atoms with Gasteiger partial charge in [0, 0.05) is 5.75 Å².